The molecule has 2 aromatic carbocycles. The zero-order valence-corrected chi connectivity index (χ0v) is 18.4. The quantitative estimate of drug-likeness (QED) is 0.333. The average Bonchev–Trinajstić information content (AvgIpc) is 3.37. The fraction of sp³-hybridized carbons (Fsp3) is 0.200. The van der Waals surface area contributed by atoms with Crippen molar-refractivity contribution < 1.29 is 19.4 Å². The lowest BCUT2D eigenvalue weighted by Gasteiger charge is -2.24. The standard InChI is InChI=1S/C25H23NO4S/c1-4-30-18-8-5-7-17(14-18)26-22(20-9-6-12-31-20)21(24(28)25(26)29)23(27)19-13-15(2)10-11-16(19)3/h5-14,22,27H,4H2,1-3H3/b23-21-. The smallest absolute Gasteiger partial charge is 0.300 e. The summed E-state index contributed by atoms with van der Waals surface area (Å²) in [5.74, 6) is -0.903. The minimum absolute atomic E-state index is 0.1000. The van der Waals surface area contributed by atoms with Gasteiger partial charge in [0.2, 0.25) is 0 Å². The van der Waals surface area contributed by atoms with Gasteiger partial charge in [-0.15, -0.1) is 11.3 Å². The van der Waals surface area contributed by atoms with E-state index in [0.717, 1.165) is 16.0 Å². The average molecular weight is 434 g/mol. The summed E-state index contributed by atoms with van der Waals surface area (Å²) < 4.78 is 5.58. The molecule has 1 fully saturated rings. The number of hydrogen-bond donors (Lipinski definition) is 1. The third-order valence-corrected chi connectivity index (χ3v) is 6.24. The van der Waals surface area contributed by atoms with Crippen LogP contribution in [0.5, 0.6) is 5.75 Å². The van der Waals surface area contributed by atoms with E-state index >= 15 is 0 Å². The molecule has 0 bridgehead atoms. The van der Waals surface area contributed by atoms with Crippen molar-refractivity contribution >= 4 is 34.5 Å². The van der Waals surface area contributed by atoms with Gasteiger partial charge in [-0.3, -0.25) is 14.5 Å². The number of Topliss-reactive ketones (excluding diaryl/α,β-unsaturated/α-hetero) is 1. The van der Waals surface area contributed by atoms with Gasteiger partial charge in [0.05, 0.1) is 12.2 Å². The van der Waals surface area contributed by atoms with Crippen LogP contribution in [0.3, 0.4) is 0 Å². The topological polar surface area (TPSA) is 66.8 Å². The molecule has 1 unspecified atom stereocenters. The minimum atomic E-state index is -0.711. The Morgan fingerprint density at radius 2 is 1.90 bits per heavy atom. The summed E-state index contributed by atoms with van der Waals surface area (Å²) in [5.41, 5.74) is 2.99. The van der Waals surface area contributed by atoms with Gasteiger partial charge in [-0.25, -0.2) is 0 Å². The van der Waals surface area contributed by atoms with Gasteiger partial charge in [-0.2, -0.15) is 0 Å². The highest BCUT2D eigenvalue weighted by Crippen LogP contribution is 2.44. The Bertz CT molecular complexity index is 1180. The number of ketones is 1. The second kappa shape index (κ2) is 8.40. The van der Waals surface area contributed by atoms with E-state index in [1.54, 1.807) is 24.3 Å². The first kappa shape index (κ1) is 20.9. The number of carbonyl (C=O) groups excluding carboxylic acids is 2. The van der Waals surface area contributed by atoms with Gasteiger partial charge in [0.1, 0.15) is 17.6 Å². The molecule has 6 heteroatoms. The number of amides is 1. The molecule has 1 aliphatic heterocycles. The summed E-state index contributed by atoms with van der Waals surface area (Å²) in [4.78, 5) is 28.6. The third-order valence-electron chi connectivity index (χ3n) is 5.31. The van der Waals surface area contributed by atoms with E-state index in [9.17, 15) is 14.7 Å². The van der Waals surface area contributed by atoms with Crippen molar-refractivity contribution in [3.63, 3.8) is 0 Å². The number of rotatable bonds is 5. The highest BCUT2D eigenvalue weighted by Gasteiger charge is 2.47. The lowest BCUT2D eigenvalue weighted by molar-refractivity contribution is -0.132. The molecule has 5 nitrogen and oxygen atoms in total. The first-order valence-electron chi connectivity index (χ1n) is 10.1. The summed E-state index contributed by atoms with van der Waals surface area (Å²) in [6.07, 6.45) is 0. The molecule has 0 radical (unpaired) electrons. The van der Waals surface area contributed by atoms with Crippen LogP contribution in [-0.2, 0) is 9.59 Å². The Balaban J connectivity index is 1.92. The van der Waals surface area contributed by atoms with Crippen molar-refractivity contribution in [2.75, 3.05) is 11.5 Å². The van der Waals surface area contributed by atoms with E-state index in [-0.39, 0.29) is 11.3 Å². The SMILES string of the molecule is CCOc1cccc(N2C(=O)C(=O)/C(=C(\O)c3cc(C)ccc3C)C2c2cccs2)c1. The van der Waals surface area contributed by atoms with E-state index in [4.69, 9.17) is 4.74 Å². The Morgan fingerprint density at radius 3 is 2.61 bits per heavy atom. The summed E-state index contributed by atoms with van der Waals surface area (Å²) in [6.45, 7) is 6.17. The molecule has 0 spiro atoms. The van der Waals surface area contributed by atoms with Crippen LogP contribution in [0.1, 0.15) is 34.5 Å². The fourth-order valence-electron chi connectivity index (χ4n) is 3.84. The predicted molar refractivity (Wildman–Crippen MR) is 123 cm³/mol. The number of aliphatic hydroxyl groups is 1. The van der Waals surface area contributed by atoms with Gasteiger partial charge in [0.15, 0.2) is 0 Å². The number of aliphatic hydroxyl groups excluding tert-OH is 1. The molecule has 4 rings (SSSR count). The molecule has 31 heavy (non-hydrogen) atoms. The lowest BCUT2D eigenvalue weighted by Crippen LogP contribution is -2.29. The molecule has 1 aliphatic rings. The molecule has 1 amide bonds. The highest BCUT2D eigenvalue weighted by atomic mass is 32.1. The first-order chi connectivity index (χ1) is 14.9. The van der Waals surface area contributed by atoms with E-state index in [2.05, 4.69) is 0 Å². The van der Waals surface area contributed by atoms with Crippen LogP contribution in [0, 0.1) is 13.8 Å². The van der Waals surface area contributed by atoms with Gasteiger partial charge < -0.3 is 9.84 Å². The van der Waals surface area contributed by atoms with Crippen LogP contribution in [0.2, 0.25) is 0 Å². The molecule has 1 atom stereocenters. The number of nitrogens with zero attached hydrogens (tertiary/aromatic N) is 1. The molecule has 2 heterocycles. The maximum Gasteiger partial charge on any atom is 0.300 e. The van der Waals surface area contributed by atoms with E-state index in [1.807, 2.05) is 56.5 Å². The van der Waals surface area contributed by atoms with Gasteiger partial charge in [-0.05, 0) is 56.0 Å². The monoisotopic (exact) mass is 433 g/mol. The number of hydrogen-bond acceptors (Lipinski definition) is 5. The van der Waals surface area contributed by atoms with Crippen molar-refractivity contribution in [2.24, 2.45) is 0 Å². The van der Waals surface area contributed by atoms with Crippen molar-refractivity contribution in [3.8, 4) is 5.75 Å². The molecule has 3 aromatic rings. The fourth-order valence-corrected chi connectivity index (χ4v) is 4.66. The van der Waals surface area contributed by atoms with Crippen LogP contribution in [-0.4, -0.2) is 23.4 Å². The Hall–Kier alpha value is -3.38. The molecule has 158 valence electrons. The molecule has 0 aliphatic carbocycles. The second-order valence-corrected chi connectivity index (χ2v) is 8.41. The maximum atomic E-state index is 13.2. The zero-order chi connectivity index (χ0) is 22.1. The number of aryl methyl sites for hydroxylation is 2. The van der Waals surface area contributed by atoms with Crippen LogP contribution in [0.4, 0.5) is 5.69 Å². The minimum Gasteiger partial charge on any atom is -0.507 e. The summed E-state index contributed by atoms with van der Waals surface area (Å²) in [5, 5.41) is 13.1. The van der Waals surface area contributed by atoms with E-state index in [0.29, 0.717) is 23.6 Å². The van der Waals surface area contributed by atoms with Gasteiger partial charge in [-0.1, -0.05) is 29.8 Å². The van der Waals surface area contributed by atoms with Crippen molar-refractivity contribution in [1.29, 1.82) is 0 Å². The number of thiophene rings is 1. The largest absolute Gasteiger partial charge is 0.507 e. The molecular weight excluding hydrogens is 410 g/mol. The van der Waals surface area contributed by atoms with Crippen LogP contribution in [0.15, 0.2) is 65.6 Å². The third kappa shape index (κ3) is 3.75. The lowest BCUT2D eigenvalue weighted by atomic mass is 9.96. The Morgan fingerprint density at radius 1 is 1.10 bits per heavy atom. The van der Waals surface area contributed by atoms with Gasteiger partial charge in [0, 0.05) is 22.2 Å². The van der Waals surface area contributed by atoms with Crippen LogP contribution < -0.4 is 9.64 Å². The zero-order valence-electron chi connectivity index (χ0n) is 17.6. The maximum absolute atomic E-state index is 13.2. The number of benzene rings is 2. The molecule has 1 saturated heterocycles. The van der Waals surface area contributed by atoms with E-state index < -0.39 is 17.7 Å². The van der Waals surface area contributed by atoms with Crippen LogP contribution >= 0.6 is 11.3 Å². The summed E-state index contributed by atoms with van der Waals surface area (Å²) in [6, 6.07) is 15.8. The highest BCUT2D eigenvalue weighted by molar-refractivity contribution is 7.10. The number of ether oxygens (including phenoxy) is 1. The Labute approximate surface area is 185 Å². The van der Waals surface area contributed by atoms with Crippen molar-refractivity contribution in [1.82, 2.24) is 0 Å². The van der Waals surface area contributed by atoms with E-state index in [1.165, 1.54) is 16.2 Å². The molecular formula is C25H23NO4S. The number of anilines is 1. The molecule has 0 saturated carbocycles. The number of carbonyl (C=O) groups is 2. The Kier molecular flexibility index (Phi) is 5.65. The van der Waals surface area contributed by atoms with Gasteiger partial charge in [0.25, 0.3) is 11.7 Å². The molecule has 1 aromatic heterocycles. The normalized spacial score (nSPS) is 17.9. The predicted octanol–water partition coefficient (Wildman–Crippen LogP) is 5.39. The van der Waals surface area contributed by atoms with Gasteiger partial charge >= 0.3 is 0 Å². The first-order valence-corrected chi connectivity index (χ1v) is 10.9. The summed E-state index contributed by atoms with van der Waals surface area (Å²) >= 11 is 1.44. The van der Waals surface area contributed by atoms with Crippen LogP contribution in [0.25, 0.3) is 5.76 Å². The van der Waals surface area contributed by atoms with Crippen molar-refractivity contribution in [2.45, 2.75) is 26.8 Å². The molecule has 1 N–H and O–H groups in total. The summed E-state index contributed by atoms with van der Waals surface area (Å²) in [7, 11) is 0. The second-order valence-electron chi connectivity index (χ2n) is 7.43. The van der Waals surface area contributed by atoms with Crippen molar-refractivity contribution in [3.05, 3.63) is 87.1 Å².